The van der Waals surface area contributed by atoms with Crippen molar-refractivity contribution in [2.45, 2.75) is 20.0 Å². The summed E-state index contributed by atoms with van der Waals surface area (Å²) in [6.45, 7) is 3.31. The fraction of sp³-hybridized carbons (Fsp3) is 0.214. The van der Waals surface area contributed by atoms with E-state index in [0.29, 0.717) is 11.4 Å². The van der Waals surface area contributed by atoms with Crippen LogP contribution in [0.15, 0.2) is 30.3 Å². The first kappa shape index (κ1) is 13.8. The first-order valence-corrected chi connectivity index (χ1v) is 6.08. The summed E-state index contributed by atoms with van der Waals surface area (Å²) < 4.78 is 5.69. The lowest BCUT2D eigenvalue weighted by atomic mass is 10.1. The number of carbonyl (C=O) groups is 1. The van der Waals surface area contributed by atoms with Crippen LogP contribution in [0.2, 0.25) is 0 Å². The van der Waals surface area contributed by atoms with Crippen molar-refractivity contribution in [1.82, 2.24) is 9.97 Å². The molecule has 0 saturated heterocycles. The van der Waals surface area contributed by atoms with Gasteiger partial charge in [0.15, 0.2) is 0 Å². The van der Waals surface area contributed by atoms with E-state index in [0.717, 1.165) is 0 Å². The number of carboxylic acid groups (broad SMARTS) is 1. The van der Waals surface area contributed by atoms with Gasteiger partial charge in [-0.1, -0.05) is 18.2 Å². The van der Waals surface area contributed by atoms with Gasteiger partial charge in [0.1, 0.15) is 23.1 Å². The molecule has 20 heavy (non-hydrogen) atoms. The van der Waals surface area contributed by atoms with E-state index >= 15 is 0 Å². The zero-order valence-electron chi connectivity index (χ0n) is 11.2. The summed E-state index contributed by atoms with van der Waals surface area (Å²) in [5, 5.41) is 9.28. The molecule has 0 fully saturated rings. The lowest BCUT2D eigenvalue weighted by Crippen LogP contribution is -2.16. The van der Waals surface area contributed by atoms with Gasteiger partial charge in [-0.25, -0.2) is 14.8 Å². The van der Waals surface area contributed by atoms with E-state index in [9.17, 15) is 9.90 Å². The third-order valence-corrected chi connectivity index (χ3v) is 2.79. The molecule has 0 radical (unpaired) electrons. The molecule has 0 saturated carbocycles. The summed E-state index contributed by atoms with van der Waals surface area (Å²) in [5.41, 5.74) is 6.21. The number of benzene rings is 1. The molecule has 6 heteroatoms. The van der Waals surface area contributed by atoms with Crippen LogP contribution >= 0.6 is 0 Å². The highest BCUT2D eigenvalue weighted by Crippen LogP contribution is 2.24. The molecule has 1 aromatic heterocycles. The van der Waals surface area contributed by atoms with Gasteiger partial charge in [-0.15, -0.1) is 0 Å². The van der Waals surface area contributed by atoms with Crippen LogP contribution in [0.5, 0.6) is 5.75 Å². The third-order valence-electron chi connectivity index (χ3n) is 2.79. The second-order valence-corrected chi connectivity index (χ2v) is 4.31. The van der Waals surface area contributed by atoms with Crippen LogP contribution in [-0.2, 0) is 0 Å². The summed E-state index contributed by atoms with van der Waals surface area (Å²) in [5.74, 6) is -0.432. The van der Waals surface area contributed by atoms with Gasteiger partial charge in [0, 0.05) is 0 Å². The minimum atomic E-state index is -1.10. The number of hydrogen-bond donors (Lipinski definition) is 2. The molecule has 1 heterocycles. The maximum absolute atomic E-state index is 11.3. The van der Waals surface area contributed by atoms with Gasteiger partial charge < -0.3 is 15.6 Å². The zero-order chi connectivity index (χ0) is 14.7. The number of hydrogen-bond acceptors (Lipinski definition) is 5. The van der Waals surface area contributed by atoms with Crippen molar-refractivity contribution in [3.8, 4) is 5.75 Å². The van der Waals surface area contributed by atoms with Crippen LogP contribution in [0, 0.1) is 6.92 Å². The Bertz CT molecular complexity index is 629. The molecule has 2 aromatic rings. The topological polar surface area (TPSA) is 98.3 Å². The molecule has 2 rings (SSSR count). The lowest BCUT2D eigenvalue weighted by molar-refractivity contribution is 0.0689. The van der Waals surface area contributed by atoms with Gasteiger partial charge in [0.25, 0.3) is 0 Å². The van der Waals surface area contributed by atoms with E-state index in [1.165, 1.54) is 0 Å². The Balaban J connectivity index is 2.38. The highest BCUT2D eigenvalue weighted by atomic mass is 16.5. The van der Waals surface area contributed by atoms with E-state index in [1.54, 1.807) is 26.0 Å². The van der Waals surface area contributed by atoms with Crippen molar-refractivity contribution in [3.63, 3.8) is 0 Å². The van der Waals surface area contributed by atoms with Crippen molar-refractivity contribution in [2.24, 2.45) is 0 Å². The van der Waals surface area contributed by atoms with Crippen LogP contribution in [0.3, 0.4) is 0 Å². The predicted octanol–water partition coefficient (Wildman–Crippen LogP) is 2.21. The highest BCUT2D eigenvalue weighted by molar-refractivity contribution is 5.90. The number of nitrogens with two attached hydrogens (primary N) is 1. The fourth-order valence-corrected chi connectivity index (χ4v) is 1.93. The summed E-state index contributed by atoms with van der Waals surface area (Å²) in [4.78, 5) is 19.2. The summed E-state index contributed by atoms with van der Waals surface area (Å²) >= 11 is 0. The fourth-order valence-electron chi connectivity index (χ4n) is 1.93. The standard InChI is InChI=1S/C14H15N3O3/c1-8-11(13(18)19)12(17-14(15)16-8)9(2)20-10-6-4-3-5-7-10/h3-7,9H,1-2H3,(H,18,19)(H2,15,16,17). The molecular weight excluding hydrogens is 258 g/mol. The Labute approximate surface area is 116 Å². The maximum Gasteiger partial charge on any atom is 0.339 e. The molecule has 6 nitrogen and oxygen atoms in total. The number of para-hydroxylation sites is 1. The smallest absolute Gasteiger partial charge is 0.339 e. The summed E-state index contributed by atoms with van der Waals surface area (Å²) in [6.07, 6.45) is -0.549. The molecule has 0 spiro atoms. The van der Waals surface area contributed by atoms with Crippen molar-refractivity contribution in [2.75, 3.05) is 5.73 Å². The molecule has 0 amide bonds. The van der Waals surface area contributed by atoms with E-state index in [2.05, 4.69) is 9.97 Å². The largest absolute Gasteiger partial charge is 0.484 e. The number of ether oxygens (including phenoxy) is 1. The Hall–Kier alpha value is -2.63. The van der Waals surface area contributed by atoms with Crippen molar-refractivity contribution < 1.29 is 14.6 Å². The van der Waals surface area contributed by atoms with E-state index in [4.69, 9.17) is 10.5 Å². The van der Waals surface area contributed by atoms with Gasteiger partial charge in [0.05, 0.1) is 5.69 Å². The van der Waals surface area contributed by atoms with Gasteiger partial charge in [0.2, 0.25) is 5.95 Å². The molecule has 1 atom stereocenters. The first-order chi connectivity index (χ1) is 9.49. The summed E-state index contributed by atoms with van der Waals surface area (Å²) in [7, 11) is 0. The van der Waals surface area contributed by atoms with E-state index in [-0.39, 0.29) is 17.2 Å². The Morgan fingerprint density at radius 1 is 1.30 bits per heavy atom. The average Bonchev–Trinajstić information content (AvgIpc) is 2.38. The Morgan fingerprint density at radius 2 is 1.95 bits per heavy atom. The number of aromatic carboxylic acids is 1. The number of nitrogens with zero attached hydrogens (tertiary/aromatic N) is 2. The minimum absolute atomic E-state index is 0.0302. The van der Waals surface area contributed by atoms with Crippen LogP contribution in [-0.4, -0.2) is 21.0 Å². The zero-order valence-corrected chi connectivity index (χ0v) is 11.2. The molecule has 0 aliphatic rings. The van der Waals surface area contributed by atoms with Gasteiger partial charge in [-0.2, -0.15) is 0 Å². The van der Waals surface area contributed by atoms with Crippen LogP contribution < -0.4 is 10.5 Å². The molecule has 104 valence electrons. The number of carboxylic acids is 1. The van der Waals surface area contributed by atoms with E-state index in [1.807, 2.05) is 18.2 Å². The molecule has 3 N–H and O–H groups in total. The minimum Gasteiger partial charge on any atom is -0.484 e. The number of rotatable bonds is 4. The normalized spacial score (nSPS) is 11.9. The quantitative estimate of drug-likeness (QED) is 0.886. The molecular formula is C14H15N3O3. The van der Waals surface area contributed by atoms with Crippen molar-refractivity contribution >= 4 is 11.9 Å². The SMILES string of the molecule is Cc1nc(N)nc(C(C)Oc2ccccc2)c1C(=O)O. The molecule has 0 bridgehead atoms. The first-order valence-electron chi connectivity index (χ1n) is 6.08. The number of nitrogen functional groups attached to an aromatic ring is 1. The van der Waals surface area contributed by atoms with Crippen LogP contribution in [0.25, 0.3) is 0 Å². The second-order valence-electron chi connectivity index (χ2n) is 4.31. The highest BCUT2D eigenvalue weighted by Gasteiger charge is 2.22. The van der Waals surface area contributed by atoms with Crippen LogP contribution in [0.1, 0.15) is 34.8 Å². The third kappa shape index (κ3) is 2.85. The van der Waals surface area contributed by atoms with Crippen molar-refractivity contribution in [3.05, 3.63) is 47.3 Å². The monoisotopic (exact) mass is 273 g/mol. The molecule has 1 aromatic carbocycles. The Morgan fingerprint density at radius 3 is 2.55 bits per heavy atom. The van der Waals surface area contributed by atoms with Gasteiger partial charge in [-0.3, -0.25) is 0 Å². The van der Waals surface area contributed by atoms with Gasteiger partial charge >= 0.3 is 5.97 Å². The number of anilines is 1. The molecule has 0 aliphatic heterocycles. The Kier molecular flexibility index (Phi) is 3.84. The molecule has 1 unspecified atom stereocenters. The van der Waals surface area contributed by atoms with Crippen molar-refractivity contribution in [1.29, 1.82) is 0 Å². The number of aryl methyl sites for hydroxylation is 1. The van der Waals surface area contributed by atoms with E-state index < -0.39 is 12.1 Å². The predicted molar refractivity (Wildman–Crippen MR) is 73.6 cm³/mol. The lowest BCUT2D eigenvalue weighted by Gasteiger charge is -2.17. The molecule has 0 aliphatic carbocycles. The van der Waals surface area contributed by atoms with Crippen LogP contribution in [0.4, 0.5) is 5.95 Å². The van der Waals surface area contributed by atoms with Gasteiger partial charge in [-0.05, 0) is 26.0 Å². The summed E-state index contributed by atoms with van der Waals surface area (Å²) in [6, 6.07) is 9.11. The second kappa shape index (κ2) is 5.56. The number of aromatic nitrogens is 2. The maximum atomic E-state index is 11.3. The average molecular weight is 273 g/mol.